The third-order valence-corrected chi connectivity index (χ3v) is 2.57. The number of nitrogen functional groups attached to an aromatic ring is 1. The molecule has 17 heavy (non-hydrogen) atoms. The van der Waals surface area contributed by atoms with E-state index in [1.54, 1.807) is 0 Å². The smallest absolute Gasteiger partial charge is 0.231 e. The van der Waals surface area contributed by atoms with Crippen LogP contribution < -0.4 is 11.5 Å². The molecule has 1 rings (SSSR count). The summed E-state index contributed by atoms with van der Waals surface area (Å²) in [4.78, 5) is 12.8. The number of halogens is 1. The molecular weight excluding hydrogens is 221 g/mol. The van der Waals surface area contributed by atoms with Crippen LogP contribution in [-0.4, -0.2) is 23.4 Å². The lowest BCUT2D eigenvalue weighted by atomic mass is 10.1. The van der Waals surface area contributed by atoms with Gasteiger partial charge >= 0.3 is 0 Å². The molecule has 0 unspecified atom stereocenters. The molecule has 0 saturated carbocycles. The van der Waals surface area contributed by atoms with E-state index in [0.29, 0.717) is 17.8 Å². The van der Waals surface area contributed by atoms with E-state index in [0.717, 1.165) is 0 Å². The molecule has 0 atom stereocenters. The van der Waals surface area contributed by atoms with Crippen LogP contribution >= 0.6 is 0 Å². The fourth-order valence-electron chi connectivity index (χ4n) is 1.55. The van der Waals surface area contributed by atoms with Crippen molar-refractivity contribution in [2.45, 2.75) is 26.4 Å². The third kappa shape index (κ3) is 4.03. The number of rotatable bonds is 5. The minimum atomic E-state index is -0.409. The molecule has 0 aliphatic heterocycles. The van der Waals surface area contributed by atoms with Crippen LogP contribution in [0.3, 0.4) is 0 Å². The van der Waals surface area contributed by atoms with Crippen LogP contribution in [-0.2, 0) is 11.3 Å². The molecule has 0 aliphatic rings. The first-order valence-corrected chi connectivity index (χ1v) is 5.46. The number of carbonyl (C=O) groups excluding carboxylic acids is 1. The minimum absolute atomic E-state index is 0.130. The molecule has 0 spiro atoms. The highest BCUT2D eigenvalue weighted by Gasteiger charge is 2.14. The standard InChI is InChI=1S/C12H18FN3O/c1-8(2)16(7-12(15)17)6-9-5-10(13)3-4-11(9)14/h3-5,8H,6-7,14H2,1-2H3,(H2,15,17). The lowest BCUT2D eigenvalue weighted by molar-refractivity contribution is -0.119. The van der Waals surface area contributed by atoms with Gasteiger partial charge in [0.1, 0.15) is 5.82 Å². The molecule has 94 valence electrons. The first kappa shape index (κ1) is 13.4. The SMILES string of the molecule is CC(C)N(CC(N)=O)Cc1cc(F)ccc1N. The van der Waals surface area contributed by atoms with Gasteiger partial charge in [-0.1, -0.05) is 0 Å². The van der Waals surface area contributed by atoms with Crippen LogP contribution in [0, 0.1) is 5.82 Å². The number of primary amides is 1. The molecule has 0 heterocycles. The molecule has 0 bridgehead atoms. The van der Waals surface area contributed by atoms with Gasteiger partial charge < -0.3 is 11.5 Å². The van der Waals surface area contributed by atoms with Gasteiger partial charge in [-0.05, 0) is 37.6 Å². The van der Waals surface area contributed by atoms with Crippen molar-refractivity contribution in [1.29, 1.82) is 0 Å². The summed E-state index contributed by atoms with van der Waals surface area (Å²) in [5.41, 5.74) is 12.1. The zero-order valence-electron chi connectivity index (χ0n) is 10.1. The lowest BCUT2D eigenvalue weighted by Gasteiger charge is -2.25. The van der Waals surface area contributed by atoms with Gasteiger partial charge in [0.2, 0.25) is 5.91 Å². The van der Waals surface area contributed by atoms with Gasteiger partial charge in [-0.3, -0.25) is 9.69 Å². The molecule has 0 aromatic heterocycles. The number of hydrogen-bond donors (Lipinski definition) is 2. The number of benzene rings is 1. The molecular formula is C12H18FN3O. The summed E-state index contributed by atoms with van der Waals surface area (Å²) in [6.07, 6.45) is 0. The summed E-state index contributed by atoms with van der Waals surface area (Å²) in [5.74, 6) is -0.745. The summed E-state index contributed by atoms with van der Waals surface area (Å²) in [5, 5.41) is 0. The van der Waals surface area contributed by atoms with E-state index in [1.807, 2.05) is 18.7 Å². The van der Waals surface area contributed by atoms with Crippen LogP contribution in [0.5, 0.6) is 0 Å². The van der Waals surface area contributed by atoms with E-state index >= 15 is 0 Å². The first-order valence-electron chi connectivity index (χ1n) is 5.46. The summed E-state index contributed by atoms with van der Waals surface area (Å²) >= 11 is 0. The van der Waals surface area contributed by atoms with E-state index in [4.69, 9.17) is 11.5 Å². The number of carbonyl (C=O) groups is 1. The number of anilines is 1. The molecule has 1 aromatic rings. The minimum Gasteiger partial charge on any atom is -0.398 e. The Morgan fingerprint density at radius 3 is 2.65 bits per heavy atom. The number of amides is 1. The van der Waals surface area contributed by atoms with Crippen molar-refractivity contribution in [3.05, 3.63) is 29.6 Å². The summed E-state index contributed by atoms with van der Waals surface area (Å²) in [7, 11) is 0. The normalized spacial score (nSPS) is 11.1. The van der Waals surface area contributed by atoms with Crippen molar-refractivity contribution in [2.75, 3.05) is 12.3 Å². The molecule has 4 N–H and O–H groups in total. The monoisotopic (exact) mass is 239 g/mol. The van der Waals surface area contributed by atoms with Crippen LogP contribution in [0.25, 0.3) is 0 Å². The summed E-state index contributed by atoms with van der Waals surface area (Å²) in [6, 6.07) is 4.34. The average Bonchev–Trinajstić information content (AvgIpc) is 2.21. The van der Waals surface area contributed by atoms with E-state index in [-0.39, 0.29) is 18.4 Å². The van der Waals surface area contributed by atoms with E-state index in [1.165, 1.54) is 18.2 Å². The maximum Gasteiger partial charge on any atom is 0.231 e. The molecule has 0 radical (unpaired) electrons. The molecule has 1 amide bonds. The third-order valence-electron chi connectivity index (χ3n) is 2.57. The quantitative estimate of drug-likeness (QED) is 0.756. The maximum absolute atomic E-state index is 13.1. The molecule has 4 nitrogen and oxygen atoms in total. The lowest BCUT2D eigenvalue weighted by Crippen LogP contribution is -2.38. The fourth-order valence-corrected chi connectivity index (χ4v) is 1.55. The van der Waals surface area contributed by atoms with Crippen molar-refractivity contribution >= 4 is 11.6 Å². The zero-order valence-corrected chi connectivity index (χ0v) is 10.1. The van der Waals surface area contributed by atoms with Crippen molar-refractivity contribution in [3.63, 3.8) is 0 Å². The Morgan fingerprint density at radius 2 is 2.12 bits per heavy atom. The Hall–Kier alpha value is -1.62. The topological polar surface area (TPSA) is 72.3 Å². The Labute approximate surface area is 100 Å². The van der Waals surface area contributed by atoms with Crippen LogP contribution in [0.2, 0.25) is 0 Å². The number of nitrogens with zero attached hydrogens (tertiary/aromatic N) is 1. The van der Waals surface area contributed by atoms with E-state index < -0.39 is 5.91 Å². The fraction of sp³-hybridized carbons (Fsp3) is 0.417. The molecule has 0 aliphatic carbocycles. The first-order chi connectivity index (χ1) is 7.90. The summed E-state index contributed by atoms with van der Waals surface area (Å²) in [6.45, 7) is 4.43. The van der Waals surface area contributed by atoms with Gasteiger partial charge in [0.15, 0.2) is 0 Å². The molecule has 1 aromatic carbocycles. The van der Waals surface area contributed by atoms with Gasteiger partial charge in [0.05, 0.1) is 6.54 Å². The average molecular weight is 239 g/mol. The Morgan fingerprint density at radius 1 is 1.47 bits per heavy atom. The molecule has 0 fully saturated rings. The predicted molar refractivity (Wildman–Crippen MR) is 65.6 cm³/mol. The van der Waals surface area contributed by atoms with Crippen molar-refractivity contribution < 1.29 is 9.18 Å². The Kier molecular flexibility index (Phi) is 4.45. The van der Waals surface area contributed by atoms with Crippen molar-refractivity contribution in [3.8, 4) is 0 Å². The van der Waals surface area contributed by atoms with Gasteiger partial charge in [0, 0.05) is 18.3 Å². The van der Waals surface area contributed by atoms with Gasteiger partial charge in [-0.25, -0.2) is 4.39 Å². The molecule has 5 heteroatoms. The Bertz CT molecular complexity index is 407. The van der Waals surface area contributed by atoms with Crippen molar-refractivity contribution in [2.24, 2.45) is 5.73 Å². The highest BCUT2D eigenvalue weighted by atomic mass is 19.1. The second-order valence-corrected chi connectivity index (χ2v) is 4.31. The highest BCUT2D eigenvalue weighted by Crippen LogP contribution is 2.16. The second kappa shape index (κ2) is 5.63. The molecule has 0 saturated heterocycles. The van der Waals surface area contributed by atoms with E-state index in [2.05, 4.69) is 0 Å². The zero-order chi connectivity index (χ0) is 13.0. The van der Waals surface area contributed by atoms with Gasteiger partial charge in [0.25, 0.3) is 0 Å². The van der Waals surface area contributed by atoms with Gasteiger partial charge in [-0.15, -0.1) is 0 Å². The van der Waals surface area contributed by atoms with Crippen LogP contribution in [0.4, 0.5) is 10.1 Å². The Balaban J connectivity index is 2.85. The largest absolute Gasteiger partial charge is 0.398 e. The van der Waals surface area contributed by atoms with Gasteiger partial charge in [-0.2, -0.15) is 0 Å². The maximum atomic E-state index is 13.1. The number of nitrogens with two attached hydrogens (primary N) is 2. The number of hydrogen-bond acceptors (Lipinski definition) is 3. The summed E-state index contributed by atoms with van der Waals surface area (Å²) < 4.78 is 13.1. The van der Waals surface area contributed by atoms with Crippen LogP contribution in [0.15, 0.2) is 18.2 Å². The van der Waals surface area contributed by atoms with Crippen molar-refractivity contribution in [1.82, 2.24) is 4.90 Å². The van der Waals surface area contributed by atoms with Crippen LogP contribution in [0.1, 0.15) is 19.4 Å². The second-order valence-electron chi connectivity index (χ2n) is 4.31. The van der Waals surface area contributed by atoms with E-state index in [9.17, 15) is 9.18 Å². The predicted octanol–water partition coefficient (Wildman–Crippen LogP) is 1.10. The highest BCUT2D eigenvalue weighted by molar-refractivity contribution is 5.76.